The van der Waals surface area contributed by atoms with Crippen LogP contribution in [0.15, 0.2) is 42.0 Å². The van der Waals surface area contributed by atoms with E-state index in [1.54, 1.807) is 18.2 Å². The molecule has 1 N–H and O–H groups in total. The van der Waals surface area contributed by atoms with Crippen LogP contribution in [0.25, 0.3) is 28.2 Å². The molecule has 1 aliphatic carbocycles. The molecule has 0 unspecified atom stereocenters. The van der Waals surface area contributed by atoms with Gasteiger partial charge in [0.05, 0.1) is 12.2 Å². The fourth-order valence-corrected chi connectivity index (χ4v) is 7.75. The first kappa shape index (κ1) is 31.4. The first-order chi connectivity index (χ1) is 21.4. The molecule has 2 aromatic carbocycles. The van der Waals surface area contributed by atoms with Crippen molar-refractivity contribution in [3.05, 3.63) is 64.5 Å². The van der Waals surface area contributed by atoms with Crippen molar-refractivity contribution in [2.45, 2.75) is 70.5 Å². The van der Waals surface area contributed by atoms with Crippen LogP contribution < -0.4 is 4.72 Å². The Hall–Kier alpha value is -3.54. The molecule has 3 aromatic rings. The van der Waals surface area contributed by atoms with Crippen molar-refractivity contribution in [1.82, 2.24) is 23.4 Å². The van der Waals surface area contributed by atoms with Crippen LogP contribution in [-0.2, 0) is 21.5 Å². The lowest BCUT2D eigenvalue weighted by molar-refractivity contribution is -0.131. The number of fused-ring (bicyclic) bond motifs is 5. The third-order valence-electron chi connectivity index (χ3n) is 9.93. The number of piperazine rings is 1. The molecule has 2 fully saturated rings. The largest absolute Gasteiger partial charge is 0.336 e. The molecule has 2 amide bonds. The predicted octanol–water partition coefficient (Wildman–Crippen LogP) is 4.98. The van der Waals surface area contributed by atoms with Gasteiger partial charge in [-0.25, -0.2) is 9.11 Å². The van der Waals surface area contributed by atoms with Gasteiger partial charge in [-0.3, -0.25) is 14.5 Å². The monoisotopic (exact) mass is 635 g/mol. The van der Waals surface area contributed by atoms with Crippen LogP contribution in [-0.4, -0.2) is 85.2 Å². The number of carbonyl (C=O) groups is 2. The van der Waals surface area contributed by atoms with Crippen molar-refractivity contribution in [2.24, 2.45) is 0 Å². The molecule has 3 heterocycles. The van der Waals surface area contributed by atoms with E-state index in [1.165, 1.54) is 32.6 Å². The van der Waals surface area contributed by atoms with Gasteiger partial charge < -0.3 is 9.47 Å². The molecule has 1 aromatic heterocycles. The van der Waals surface area contributed by atoms with E-state index in [9.17, 15) is 22.4 Å². The number of aromatic nitrogens is 1. The topological polar surface area (TPSA) is 95.0 Å². The maximum absolute atomic E-state index is 14.8. The molecule has 0 spiro atoms. The van der Waals surface area contributed by atoms with Gasteiger partial charge in [0.25, 0.3) is 11.8 Å². The van der Waals surface area contributed by atoms with Gasteiger partial charge in [0.15, 0.2) is 0 Å². The summed E-state index contributed by atoms with van der Waals surface area (Å²) in [6.45, 7) is 5.64. The van der Waals surface area contributed by atoms with Gasteiger partial charge in [-0.2, -0.15) is 12.7 Å². The van der Waals surface area contributed by atoms with Crippen molar-refractivity contribution in [3.63, 3.8) is 0 Å². The van der Waals surface area contributed by atoms with E-state index in [0.717, 1.165) is 57.7 Å². The van der Waals surface area contributed by atoms with E-state index in [1.807, 2.05) is 17.0 Å². The normalized spacial score (nSPS) is 21.3. The highest BCUT2D eigenvalue weighted by Gasteiger charge is 2.34. The van der Waals surface area contributed by atoms with Crippen LogP contribution in [0, 0.1) is 5.82 Å². The number of halogens is 1. The Morgan fingerprint density at radius 1 is 0.978 bits per heavy atom. The van der Waals surface area contributed by atoms with E-state index in [4.69, 9.17) is 0 Å². The van der Waals surface area contributed by atoms with Crippen molar-refractivity contribution in [2.75, 3.05) is 34.2 Å². The summed E-state index contributed by atoms with van der Waals surface area (Å²) < 4.78 is 44.9. The quantitative estimate of drug-likeness (QED) is 0.427. The van der Waals surface area contributed by atoms with E-state index >= 15 is 0 Å². The average molecular weight is 636 g/mol. The smallest absolute Gasteiger partial charge is 0.303 e. The number of rotatable bonds is 5. The maximum Gasteiger partial charge on any atom is 0.303 e. The first-order valence-corrected chi connectivity index (χ1v) is 17.2. The molecule has 3 aliphatic rings. The number of hydrogen-bond donors (Lipinski definition) is 1. The van der Waals surface area contributed by atoms with E-state index in [-0.39, 0.29) is 41.8 Å². The molecule has 2 atom stereocenters. The fourth-order valence-electron chi connectivity index (χ4n) is 7.22. The van der Waals surface area contributed by atoms with Gasteiger partial charge in [-0.15, -0.1) is 0 Å². The average Bonchev–Trinajstić information content (AvgIpc) is 3.22. The van der Waals surface area contributed by atoms with Gasteiger partial charge in [-0.05, 0) is 87.2 Å². The summed E-state index contributed by atoms with van der Waals surface area (Å²) in [6.07, 6.45) is 7.26. The Balaban J connectivity index is 1.53. The number of hydrogen-bond acceptors (Lipinski definition) is 5. The Bertz CT molecular complexity index is 1800. The van der Waals surface area contributed by atoms with Gasteiger partial charge in [-0.1, -0.05) is 25.3 Å². The van der Waals surface area contributed by atoms with Crippen LogP contribution in [0.1, 0.15) is 73.4 Å². The molecule has 11 heteroatoms. The standard InChI is InChI=1S/C34H42FN5O4S/c1-21-18-39(19-22(2)38(21)5)34(42)26-15-25-16-27(35)12-14-28(25)32-31(23-9-7-6-8-10-23)29-13-11-24(17-30(29)40(32)20-26)33(41)36-45(43,44)37(3)4/h11-17,21-23H,6-10,18-20H2,1-5H3,(H,36,41)/t21-,22+. The van der Waals surface area contributed by atoms with Crippen molar-refractivity contribution >= 4 is 39.0 Å². The maximum atomic E-state index is 14.8. The molecule has 9 nitrogen and oxygen atoms in total. The minimum atomic E-state index is -3.99. The minimum Gasteiger partial charge on any atom is -0.336 e. The summed E-state index contributed by atoms with van der Waals surface area (Å²) >= 11 is 0. The van der Waals surface area contributed by atoms with Gasteiger partial charge in [0.1, 0.15) is 5.82 Å². The van der Waals surface area contributed by atoms with Crippen LogP contribution in [0.5, 0.6) is 0 Å². The van der Waals surface area contributed by atoms with Crippen molar-refractivity contribution in [3.8, 4) is 11.3 Å². The lowest BCUT2D eigenvalue weighted by Gasteiger charge is -2.42. The van der Waals surface area contributed by atoms with Crippen LogP contribution in [0.4, 0.5) is 4.39 Å². The van der Waals surface area contributed by atoms with Gasteiger partial charge >= 0.3 is 10.2 Å². The van der Waals surface area contributed by atoms with Crippen LogP contribution >= 0.6 is 0 Å². The zero-order valence-corrected chi connectivity index (χ0v) is 27.5. The molecule has 0 radical (unpaired) electrons. The number of nitrogens with zero attached hydrogens (tertiary/aromatic N) is 4. The fraction of sp³-hybridized carbons (Fsp3) is 0.471. The summed E-state index contributed by atoms with van der Waals surface area (Å²) in [5.41, 5.74) is 5.07. The Kier molecular flexibility index (Phi) is 8.38. The second-order valence-electron chi connectivity index (χ2n) is 13.1. The minimum absolute atomic E-state index is 0.0862. The van der Waals surface area contributed by atoms with Crippen LogP contribution in [0.3, 0.4) is 0 Å². The highest BCUT2D eigenvalue weighted by atomic mass is 32.2. The highest BCUT2D eigenvalue weighted by molar-refractivity contribution is 7.87. The lowest BCUT2D eigenvalue weighted by atomic mass is 9.81. The third kappa shape index (κ3) is 5.81. The third-order valence-corrected chi connectivity index (χ3v) is 11.3. The second kappa shape index (κ2) is 12.0. The molecule has 0 bridgehead atoms. The van der Waals surface area contributed by atoms with E-state index in [2.05, 4.69) is 35.1 Å². The number of likely N-dealkylation sites (N-methyl/N-ethyl adjacent to an activating group) is 1. The molecule has 6 rings (SSSR count). The number of amides is 2. The van der Waals surface area contributed by atoms with Crippen molar-refractivity contribution < 1.29 is 22.4 Å². The SMILES string of the molecule is C[C@@H]1CN(C(=O)C2=Cc3cc(F)ccc3-c3c(C4CCCCC4)c4ccc(C(=O)NS(=O)(=O)N(C)C)cc4n3C2)C[C@H](C)N1C. The zero-order chi connectivity index (χ0) is 32.2. The lowest BCUT2D eigenvalue weighted by Crippen LogP contribution is -2.56. The molecule has 1 saturated carbocycles. The summed E-state index contributed by atoms with van der Waals surface area (Å²) in [5.74, 6) is -0.926. The van der Waals surface area contributed by atoms with E-state index in [0.29, 0.717) is 24.2 Å². The van der Waals surface area contributed by atoms with Crippen molar-refractivity contribution in [1.29, 1.82) is 0 Å². The molecular weight excluding hydrogens is 593 g/mol. The molecule has 1 saturated heterocycles. The first-order valence-electron chi connectivity index (χ1n) is 15.8. The Morgan fingerprint density at radius 2 is 1.67 bits per heavy atom. The molecule has 2 aliphatic heterocycles. The molecule has 240 valence electrons. The summed E-state index contributed by atoms with van der Waals surface area (Å²) in [6, 6.07) is 10.4. The molecule has 45 heavy (non-hydrogen) atoms. The summed E-state index contributed by atoms with van der Waals surface area (Å²) in [7, 11) is 0.791. The number of benzene rings is 2. The Labute approximate surface area is 264 Å². The highest BCUT2D eigenvalue weighted by Crippen LogP contribution is 2.46. The molecular formula is C34H42FN5O4S. The van der Waals surface area contributed by atoms with Gasteiger partial charge in [0, 0.05) is 66.9 Å². The zero-order valence-electron chi connectivity index (χ0n) is 26.6. The summed E-state index contributed by atoms with van der Waals surface area (Å²) in [4.78, 5) is 31.6. The van der Waals surface area contributed by atoms with E-state index < -0.39 is 16.1 Å². The second-order valence-corrected chi connectivity index (χ2v) is 15.0. The number of nitrogens with one attached hydrogen (secondary N) is 1. The predicted molar refractivity (Wildman–Crippen MR) is 174 cm³/mol. The summed E-state index contributed by atoms with van der Waals surface area (Å²) in [5, 5.41) is 0.967. The van der Waals surface area contributed by atoms with Gasteiger partial charge in [0.2, 0.25) is 0 Å². The van der Waals surface area contributed by atoms with Crippen LogP contribution in [0.2, 0.25) is 0 Å². The number of carbonyl (C=O) groups excluding carboxylic acids is 2. The Morgan fingerprint density at radius 3 is 2.33 bits per heavy atom.